The monoisotopic (exact) mass is 318 g/mol. The maximum atomic E-state index is 12.3. The van der Waals surface area contributed by atoms with E-state index < -0.39 is 10.0 Å². The summed E-state index contributed by atoms with van der Waals surface area (Å²) in [5, 5.41) is -0.0144. The zero-order valence-corrected chi connectivity index (χ0v) is 12.6. The molecule has 0 aliphatic rings. The van der Waals surface area contributed by atoms with Crippen LogP contribution in [0, 0.1) is 0 Å². The molecule has 0 bridgehead atoms. The number of hydrogen-bond acceptors (Lipinski definition) is 5. The molecular formula is C14H14N4O3S. The number of sulfonamides is 1. The van der Waals surface area contributed by atoms with Gasteiger partial charge in [-0.05, 0) is 19.1 Å². The number of rotatable bonds is 5. The standard InChI is InChI=1S/C14H14N4O3S/c1-2-18-8-14(16-9-18)22(19,20)17-12-5-3-4-11(6-12)13-7-15-10-21-13/h3-10,17H,2H2,1H3. The summed E-state index contributed by atoms with van der Waals surface area (Å²) in [6.07, 6.45) is 5.86. The lowest BCUT2D eigenvalue weighted by Crippen LogP contribution is -2.13. The van der Waals surface area contributed by atoms with Gasteiger partial charge in [-0.2, -0.15) is 8.42 Å². The van der Waals surface area contributed by atoms with E-state index in [0.717, 1.165) is 5.56 Å². The first kappa shape index (κ1) is 14.3. The summed E-state index contributed by atoms with van der Waals surface area (Å²) in [5.41, 5.74) is 1.16. The predicted octanol–water partition coefficient (Wildman–Crippen LogP) is 2.36. The number of anilines is 1. The molecular weight excluding hydrogens is 304 g/mol. The van der Waals surface area contributed by atoms with Gasteiger partial charge in [-0.1, -0.05) is 12.1 Å². The number of hydrogen-bond donors (Lipinski definition) is 1. The van der Waals surface area contributed by atoms with Gasteiger partial charge in [0, 0.05) is 24.0 Å². The van der Waals surface area contributed by atoms with Crippen LogP contribution < -0.4 is 4.72 Å². The first-order valence-corrected chi connectivity index (χ1v) is 8.10. The summed E-state index contributed by atoms with van der Waals surface area (Å²) in [7, 11) is -3.72. The molecule has 0 fully saturated rings. The molecule has 0 atom stereocenters. The van der Waals surface area contributed by atoms with Crippen molar-refractivity contribution in [3.63, 3.8) is 0 Å². The Kier molecular flexibility index (Phi) is 3.68. The van der Waals surface area contributed by atoms with E-state index in [4.69, 9.17) is 4.42 Å². The third kappa shape index (κ3) is 2.86. The van der Waals surface area contributed by atoms with E-state index in [1.54, 1.807) is 29.0 Å². The molecule has 1 aromatic carbocycles. The Bertz CT molecular complexity index is 869. The summed E-state index contributed by atoms with van der Waals surface area (Å²) >= 11 is 0. The molecule has 0 saturated heterocycles. The summed E-state index contributed by atoms with van der Waals surface area (Å²) in [5.74, 6) is 0.566. The normalized spacial score (nSPS) is 11.5. The van der Waals surface area contributed by atoms with Crippen LogP contribution >= 0.6 is 0 Å². The smallest absolute Gasteiger partial charge is 0.280 e. The topological polar surface area (TPSA) is 90.0 Å². The van der Waals surface area contributed by atoms with Gasteiger partial charge in [-0.25, -0.2) is 9.97 Å². The SMILES string of the molecule is CCn1cnc(S(=O)(=O)Nc2cccc(-c3cnco3)c2)c1. The summed E-state index contributed by atoms with van der Waals surface area (Å²) < 4.78 is 34.0. The van der Waals surface area contributed by atoms with Crippen molar-refractivity contribution < 1.29 is 12.8 Å². The largest absolute Gasteiger partial charge is 0.444 e. The van der Waals surface area contributed by atoms with E-state index in [1.807, 2.05) is 13.0 Å². The minimum atomic E-state index is -3.72. The number of imidazole rings is 1. The molecule has 2 aromatic heterocycles. The van der Waals surface area contributed by atoms with Crippen LogP contribution in [0.1, 0.15) is 6.92 Å². The second-order valence-electron chi connectivity index (χ2n) is 4.59. The molecule has 114 valence electrons. The second-order valence-corrected chi connectivity index (χ2v) is 6.22. The molecule has 0 amide bonds. The molecule has 0 aliphatic carbocycles. The van der Waals surface area contributed by atoms with E-state index in [0.29, 0.717) is 18.0 Å². The third-order valence-electron chi connectivity index (χ3n) is 3.08. The quantitative estimate of drug-likeness (QED) is 0.780. The minimum absolute atomic E-state index is 0.0144. The lowest BCUT2D eigenvalue weighted by atomic mass is 10.2. The van der Waals surface area contributed by atoms with Crippen LogP contribution in [0.4, 0.5) is 5.69 Å². The van der Waals surface area contributed by atoms with Gasteiger partial charge < -0.3 is 8.98 Å². The van der Waals surface area contributed by atoms with E-state index in [2.05, 4.69) is 14.7 Å². The first-order valence-electron chi connectivity index (χ1n) is 6.62. The highest BCUT2D eigenvalue weighted by molar-refractivity contribution is 7.92. The first-order chi connectivity index (χ1) is 10.6. The molecule has 0 unspecified atom stereocenters. The van der Waals surface area contributed by atoms with Crippen molar-refractivity contribution in [2.75, 3.05) is 4.72 Å². The Morgan fingerprint density at radius 3 is 2.91 bits per heavy atom. The van der Waals surface area contributed by atoms with Crippen LogP contribution in [-0.2, 0) is 16.6 Å². The fourth-order valence-electron chi connectivity index (χ4n) is 1.95. The minimum Gasteiger partial charge on any atom is -0.444 e. The van der Waals surface area contributed by atoms with Gasteiger partial charge in [0.1, 0.15) is 0 Å². The lowest BCUT2D eigenvalue weighted by molar-refractivity contribution is 0.572. The Labute approximate surface area is 127 Å². The highest BCUT2D eigenvalue weighted by atomic mass is 32.2. The fraction of sp³-hybridized carbons (Fsp3) is 0.143. The van der Waals surface area contributed by atoms with Crippen LogP contribution in [0.25, 0.3) is 11.3 Å². The van der Waals surface area contributed by atoms with Crippen molar-refractivity contribution >= 4 is 15.7 Å². The lowest BCUT2D eigenvalue weighted by Gasteiger charge is -2.06. The van der Waals surface area contributed by atoms with Crippen molar-refractivity contribution in [1.29, 1.82) is 0 Å². The predicted molar refractivity (Wildman–Crippen MR) is 80.6 cm³/mol. The molecule has 0 saturated carbocycles. The number of aryl methyl sites for hydroxylation is 1. The Balaban J connectivity index is 1.88. The maximum Gasteiger partial charge on any atom is 0.280 e. The summed E-state index contributed by atoms with van der Waals surface area (Å²) in [4.78, 5) is 7.76. The van der Waals surface area contributed by atoms with E-state index >= 15 is 0 Å². The van der Waals surface area contributed by atoms with Gasteiger partial charge in [-0.3, -0.25) is 4.72 Å². The molecule has 0 aliphatic heterocycles. The highest BCUT2D eigenvalue weighted by Gasteiger charge is 2.17. The van der Waals surface area contributed by atoms with Crippen molar-refractivity contribution in [3.05, 3.63) is 49.4 Å². The van der Waals surface area contributed by atoms with Gasteiger partial charge in [0.25, 0.3) is 10.0 Å². The number of aromatic nitrogens is 3. The highest BCUT2D eigenvalue weighted by Crippen LogP contribution is 2.23. The molecule has 7 nitrogen and oxygen atoms in total. The Hall–Kier alpha value is -2.61. The number of benzene rings is 1. The van der Waals surface area contributed by atoms with E-state index in [-0.39, 0.29) is 5.03 Å². The molecule has 1 N–H and O–H groups in total. The van der Waals surface area contributed by atoms with Gasteiger partial charge in [0.15, 0.2) is 17.2 Å². The van der Waals surface area contributed by atoms with Crippen LogP contribution in [0.3, 0.4) is 0 Å². The van der Waals surface area contributed by atoms with Gasteiger partial charge >= 0.3 is 0 Å². The molecule has 3 rings (SSSR count). The van der Waals surface area contributed by atoms with Gasteiger partial charge in [0.05, 0.1) is 12.5 Å². The molecule has 0 radical (unpaired) electrons. The molecule has 22 heavy (non-hydrogen) atoms. The van der Waals surface area contributed by atoms with Crippen molar-refractivity contribution in [1.82, 2.24) is 14.5 Å². The Morgan fingerprint density at radius 2 is 2.23 bits per heavy atom. The number of oxazole rings is 1. The van der Waals surface area contributed by atoms with E-state index in [9.17, 15) is 8.42 Å². The zero-order chi connectivity index (χ0) is 15.6. The third-order valence-corrected chi connectivity index (χ3v) is 4.35. The summed E-state index contributed by atoms with van der Waals surface area (Å²) in [6.45, 7) is 2.57. The molecule has 8 heteroatoms. The Morgan fingerprint density at radius 1 is 1.36 bits per heavy atom. The molecule has 0 spiro atoms. The summed E-state index contributed by atoms with van der Waals surface area (Å²) in [6, 6.07) is 6.88. The van der Waals surface area contributed by atoms with Crippen LogP contribution in [-0.4, -0.2) is 23.0 Å². The van der Waals surface area contributed by atoms with Crippen LogP contribution in [0.15, 0.2) is 58.8 Å². The van der Waals surface area contributed by atoms with E-state index in [1.165, 1.54) is 18.9 Å². The van der Waals surface area contributed by atoms with Crippen LogP contribution in [0.2, 0.25) is 0 Å². The van der Waals surface area contributed by atoms with Crippen molar-refractivity contribution in [2.24, 2.45) is 0 Å². The number of nitrogens with zero attached hydrogens (tertiary/aromatic N) is 3. The molecule has 3 aromatic rings. The zero-order valence-electron chi connectivity index (χ0n) is 11.8. The van der Waals surface area contributed by atoms with Gasteiger partial charge in [-0.15, -0.1) is 0 Å². The molecule has 2 heterocycles. The average Bonchev–Trinajstić information content (AvgIpc) is 3.19. The van der Waals surface area contributed by atoms with Crippen molar-refractivity contribution in [3.8, 4) is 11.3 Å². The van der Waals surface area contributed by atoms with Crippen molar-refractivity contribution in [2.45, 2.75) is 18.5 Å². The fourth-order valence-corrected chi connectivity index (χ4v) is 2.95. The maximum absolute atomic E-state index is 12.3. The average molecular weight is 318 g/mol. The second kappa shape index (κ2) is 5.64. The van der Waals surface area contributed by atoms with Crippen LogP contribution in [0.5, 0.6) is 0 Å². The van der Waals surface area contributed by atoms with Gasteiger partial charge in [0.2, 0.25) is 0 Å². The number of nitrogens with one attached hydrogen (secondary N) is 1.